The van der Waals surface area contributed by atoms with Gasteiger partial charge in [-0.3, -0.25) is 5.32 Å². The van der Waals surface area contributed by atoms with Gasteiger partial charge in [0.1, 0.15) is 11.5 Å². The minimum Gasteiger partial charge on any atom is -0.493 e. The zero-order chi connectivity index (χ0) is 27.2. The van der Waals surface area contributed by atoms with Gasteiger partial charge in [-0.15, -0.1) is 0 Å². The summed E-state index contributed by atoms with van der Waals surface area (Å²) < 4.78 is 27.9. The number of anilines is 1. The predicted octanol–water partition coefficient (Wildman–Crippen LogP) is 5.79. The van der Waals surface area contributed by atoms with Gasteiger partial charge < -0.3 is 23.7 Å². The Hall–Kier alpha value is -3.88. The van der Waals surface area contributed by atoms with Crippen molar-refractivity contribution in [3.05, 3.63) is 90.0 Å². The molecule has 0 heterocycles. The number of carbonyl (C=O) groups excluding carboxylic acids is 2. The van der Waals surface area contributed by atoms with Gasteiger partial charge in [-0.25, -0.2) is 9.59 Å². The predicted molar refractivity (Wildman–Crippen MR) is 144 cm³/mol. The van der Waals surface area contributed by atoms with E-state index in [1.165, 1.54) is 0 Å². The monoisotopic (exact) mass is 521 g/mol. The van der Waals surface area contributed by atoms with E-state index in [4.69, 9.17) is 23.7 Å². The zero-order valence-corrected chi connectivity index (χ0v) is 22.1. The Balaban J connectivity index is 1.49. The molecule has 3 aromatic carbocycles. The molecule has 1 N–H and O–H groups in total. The normalized spacial score (nSPS) is 11.0. The number of para-hydroxylation sites is 1. The van der Waals surface area contributed by atoms with Crippen molar-refractivity contribution in [3.63, 3.8) is 0 Å². The molecular formula is C30H35NO7. The second kappa shape index (κ2) is 14.8. The summed E-state index contributed by atoms with van der Waals surface area (Å²) in [4.78, 5) is 24.6. The first-order chi connectivity index (χ1) is 18.5. The molecule has 8 nitrogen and oxygen atoms in total. The Labute approximate surface area is 223 Å². The molecule has 0 aliphatic rings. The molecule has 0 saturated carbocycles. The van der Waals surface area contributed by atoms with E-state index in [1.807, 2.05) is 68.4 Å². The summed E-state index contributed by atoms with van der Waals surface area (Å²) >= 11 is 0. The summed E-state index contributed by atoms with van der Waals surface area (Å²) in [6, 6.07) is 23.9. The van der Waals surface area contributed by atoms with Crippen LogP contribution in [0.25, 0.3) is 0 Å². The fourth-order valence-corrected chi connectivity index (χ4v) is 3.80. The van der Waals surface area contributed by atoms with E-state index >= 15 is 0 Å². The van der Waals surface area contributed by atoms with E-state index in [-0.39, 0.29) is 13.0 Å². The quantitative estimate of drug-likeness (QED) is 0.212. The Morgan fingerprint density at radius 2 is 1.34 bits per heavy atom. The molecule has 0 aliphatic carbocycles. The minimum atomic E-state index is -1.47. The SMILES string of the molecule is CCOC(=O)C(Cc1ccc(OCCc2ccc(OC(=O)Nc3ccccc3)cc2)cc1)(OCC)OCC. The number of hydrogen-bond donors (Lipinski definition) is 1. The maximum absolute atomic E-state index is 12.6. The average molecular weight is 522 g/mol. The molecule has 0 unspecified atom stereocenters. The van der Waals surface area contributed by atoms with Crippen LogP contribution in [0.2, 0.25) is 0 Å². The molecule has 3 aromatic rings. The third kappa shape index (κ3) is 8.61. The number of carbonyl (C=O) groups is 2. The summed E-state index contributed by atoms with van der Waals surface area (Å²) in [6.07, 6.45) is 0.363. The summed E-state index contributed by atoms with van der Waals surface area (Å²) in [7, 11) is 0. The highest BCUT2D eigenvalue weighted by atomic mass is 16.7. The number of benzene rings is 3. The van der Waals surface area contributed by atoms with Crippen molar-refractivity contribution < 1.29 is 33.3 Å². The summed E-state index contributed by atoms with van der Waals surface area (Å²) in [5.74, 6) is -0.838. The van der Waals surface area contributed by atoms with Gasteiger partial charge in [0.05, 0.1) is 13.2 Å². The van der Waals surface area contributed by atoms with Gasteiger partial charge in [0.15, 0.2) is 0 Å². The Morgan fingerprint density at radius 3 is 1.95 bits per heavy atom. The van der Waals surface area contributed by atoms with Crippen LogP contribution in [-0.4, -0.2) is 44.3 Å². The van der Waals surface area contributed by atoms with Gasteiger partial charge in [-0.05, 0) is 68.3 Å². The molecule has 202 valence electrons. The van der Waals surface area contributed by atoms with Crippen molar-refractivity contribution in [2.45, 2.75) is 39.4 Å². The summed E-state index contributed by atoms with van der Waals surface area (Å²) in [6.45, 7) is 6.72. The highest BCUT2D eigenvalue weighted by molar-refractivity contribution is 5.86. The molecule has 0 spiro atoms. The number of nitrogens with one attached hydrogen (secondary N) is 1. The van der Waals surface area contributed by atoms with Gasteiger partial charge in [-0.1, -0.05) is 42.5 Å². The summed E-state index contributed by atoms with van der Waals surface area (Å²) in [5.41, 5.74) is 2.57. The van der Waals surface area contributed by atoms with Gasteiger partial charge >= 0.3 is 12.1 Å². The fraction of sp³-hybridized carbons (Fsp3) is 0.333. The molecule has 0 bridgehead atoms. The average Bonchev–Trinajstić information content (AvgIpc) is 2.91. The molecule has 0 fully saturated rings. The van der Waals surface area contributed by atoms with Crippen LogP contribution >= 0.6 is 0 Å². The van der Waals surface area contributed by atoms with Crippen LogP contribution in [0, 0.1) is 0 Å². The first-order valence-electron chi connectivity index (χ1n) is 12.8. The van der Waals surface area contributed by atoms with E-state index in [0.717, 1.165) is 11.1 Å². The van der Waals surface area contributed by atoms with Crippen LogP contribution in [0.5, 0.6) is 11.5 Å². The second-order valence-corrected chi connectivity index (χ2v) is 8.28. The molecule has 0 radical (unpaired) electrons. The van der Waals surface area contributed by atoms with Crippen LogP contribution in [0.1, 0.15) is 31.9 Å². The molecule has 8 heteroatoms. The maximum Gasteiger partial charge on any atom is 0.417 e. The van der Waals surface area contributed by atoms with E-state index in [0.29, 0.717) is 43.4 Å². The molecule has 3 rings (SSSR count). The van der Waals surface area contributed by atoms with Crippen molar-refractivity contribution in [1.29, 1.82) is 0 Å². The van der Waals surface area contributed by atoms with Crippen molar-refractivity contribution in [1.82, 2.24) is 0 Å². The van der Waals surface area contributed by atoms with Crippen LogP contribution in [-0.2, 0) is 31.8 Å². The van der Waals surface area contributed by atoms with Gasteiger partial charge in [0.2, 0.25) is 0 Å². The lowest BCUT2D eigenvalue weighted by molar-refractivity contribution is -0.245. The van der Waals surface area contributed by atoms with Crippen LogP contribution in [0.3, 0.4) is 0 Å². The van der Waals surface area contributed by atoms with Crippen molar-refractivity contribution >= 4 is 17.7 Å². The Bertz CT molecular complexity index is 1130. The van der Waals surface area contributed by atoms with Crippen LogP contribution < -0.4 is 14.8 Å². The largest absolute Gasteiger partial charge is 0.493 e. The van der Waals surface area contributed by atoms with Crippen LogP contribution in [0.15, 0.2) is 78.9 Å². The van der Waals surface area contributed by atoms with Crippen molar-refractivity contribution in [2.24, 2.45) is 0 Å². The zero-order valence-electron chi connectivity index (χ0n) is 22.1. The first-order valence-corrected chi connectivity index (χ1v) is 12.8. The molecule has 0 saturated heterocycles. The molecular weight excluding hydrogens is 486 g/mol. The molecule has 0 atom stereocenters. The third-order valence-corrected chi connectivity index (χ3v) is 5.52. The molecule has 0 aliphatic heterocycles. The lowest BCUT2D eigenvalue weighted by atomic mass is 10.0. The van der Waals surface area contributed by atoms with Gasteiger partial charge in [0.25, 0.3) is 5.79 Å². The topological polar surface area (TPSA) is 92.3 Å². The van der Waals surface area contributed by atoms with Crippen molar-refractivity contribution in [2.75, 3.05) is 31.7 Å². The Morgan fingerprint density at radius 1 is 0.737 bits per heavy atom. The minimum absolute atomic E-state index is 0.228. The number of ether oxygens (including phenoxy) is 5. The van der Waals surface area contributed by atoms with Crippen LogP contribution in [0.4, 0.5) is 10.5 Å². The summed E-state index contributed by atoms with van der Waals surface area (Å²) in [5, 5.41) is 2.68. The lowest BCUT2D eigenvalue weighted by Crippen LogP contribution is -2.47. The number of esters is 1. The highest BCUT2D eigenvalue weighted by Crippen LogP contribution is 2.24. The van der Waals surface area contributed by atoms with E-state index < -0.39 is 17.8 Å². The van der Waals surface area contributed by atoms with Gasteiger partial charge in [0, 0.05) is 31.7 Å². The number of amides is 1. The first kappa shape index (κ1) is 28.7. The van der Waals surface area contributed by atoms with E-state index in [9.17, 15) is 9.59 Å². The number of hydrogen-bond acceptors (Lipinski definition) is 7. The lowest BCUT2D eigenvalue weighted by Gasteiger charge is -2.30. The molecule has 1 amide bonds. The highest BCUT2D eigenvalue weighted by Gasteiger charge is 2.42. The fourth-order valence-electron chi connectivity index (χ4n) is 3.80. The van der Waals surface area contributed by atoms with Crippen molar-refractivity contribution in [3.8, 4) is 11.5 Å². The van der Waals surface area contributed by atoms with E-state index in [2.05, 4.69) is 5.32 Å². The molecule has 38 heavy (non-hydrogen) atoms. The second-order valence-electron chi connectivity index (χ2n) is 8.28. The smallest absolute Gasteiger partial charge is 0.417 e. The molecule has 0 aromatic heterocycles. The third-order valence-electron chi connectivity index (χ3n) is 5.52. The Kier molecular flexibility index (Phi) is 11.1. The number of rotatable bonds is 14. The van der Waals surface area contributed by atoms with E-state index in [1.54, 1.807) is 31.2 Å². The van der Waals surface area contributed by atoms with Gasteiger partial charge in [-0.2, -0.15) is 0 Å². The maximum atomic E-state index is 12.6. The standard InChI is InChI=1S/C30H35NO7/c1-4-34-28(32)30(36-5-2,37-6-3)22-24-14-16-26(17-15-24)35-21-20-23-12-18-27(19-13-23)38-29(33)31-25-10-8-7-9-11-25/h7-19H,4-6,20-22H2,1-3H3,(H,31,33).